The molecule has 10 heteroatoms. The summed E-state index contributed by atoms with van der Waals surface area (Å²) in [7, 11) is 1.52. The molecule has 2 aliphatic heterocycles. The number of amides is 1. The third kappa shape index (κ3) is 3.83. The topological polar surface area (TPSA) is 107 Å². The summed E-state index contributed by atoms with van der Waals surface area (Å²) in [5.74, 6) is -3.72. The average Bonchev–Trinajstić information content (AvgIpc) is 3.28. The van der Waals surface area contributed by atoms with Crippen LogP contribution in [0.2, 0.25) is 0 Å². The number of nitrogens with zero attached hydrogens (tertiary/aromatic N) is 1. The predicted octanol–water partition coefficient (Wildman–Crippen LogP) is 2.33. The first-order valence-corrected chi connectivity index (χ1v) is 10.5. The van der Waals surface area contributed by atoms with Crippen molar-refractivity contribution >= 4 is 11.7 Å². The molecule has 0 aliphatic carbocycles. The van der Waals surface area contributed by atoms with E-state index in [1.165, 1.54) is 23.9 Å². The zero-order chi connectivity index (χ0) is 23.9. The number of rotatable bonds is 6. The highest BCUT2D eigenvalue weighted by molar-refractivity contribution is 6.03. The van der Waals surface area contributed by atoms with E-state index in [1.54, 1.807) is 6.92 Å². The van der Waals surface area contributed by atoms with Crippen molar-refractivity contribution in [3.05, 3.63) is 63.1 Å². The second kappa shape index (κ2) is 8.68. The first-order chi connectivity index (χ1) is 15.7. The Balaban J connectivity index is 1.69. The molecule has 3 atom stereocenters. The van der Waals surface area contributed by atoms with Crippen molar-refractivity contribution in [3.8, 4) is 5.75 Å². The first-order valence-electron chi connectivity index (χ1n) is 10.5. The Morgan fingerprint density at radius 1 is 1.36 bits per heavy atom. The van der Waals surface area contributed by atoms with Gasteiger partial charge in [0.25, 0.3) is 5.91 Å². The smallest absolute Gasteiger partial charge is 0.257 e. The van der Waals surface area contributed by atoms with E-state index in [9.17, 15) is 28.3 Å². The van der Waals surface area contributed by atoms with E-state index in [2.05, 4.69) is 5.32 Å². The van der Waals surface area contributed by atoms with E-state index in [1.807, 2.05) is 0 Å². The summed E-state index contributed by atoms with van der Waals surface area (Å²) in [5, 5.41) is 13.1. The van der Waals surface area contributed by atoms with Crippen LogP contribution in [0.4, 0.5) is 8.78 Å². The summed E-state index contributed by atoms with van der Waals surface area (Å²) in [6.07, 6.45) is 1.59. The Morgan fingerprint density at radius 3 is 2.82 bits per heavy atom. The number of methoxy groups -OCH3 is 1. The van der Waals surface area contributed by atoms with Crippen LogP contribution in [0.1, 0.15) is 52.2 Å². The number of halogens is 2. The summed E-state index contributed by atoms with van der Waals surface area (Å²) >= 11 is 0. The van der Waals surface area contributed by atoms with Crippen LogP contribution in [0.5, 0.6) is 5.75 Å². The average molecular weight is 462 g/mol. The van der Waals surface area contributed by atoms with Gasteiger partial charge in [0.1, 0.15) is 22.9 Å². The maximum Gasteiger partial charge on any atom is 0.257 e. The van der Waals surface area contributed by atoms with Crippen LogP contribution in [0.3, 0.4) is 0 Å². The number of fused-ring (bicyclic) bond motifs is 3. The van der Waals surface area contributed by atoms with Crippen molar-refractivity contribution < 1.29 is 33.0 Å². The van der Waals surface area contributed by atoms with Crippen molar-refractivity contribution in [2.24, 2.45) is 5.41 Å². The van der Waals surface area contributed by atoms with Gasteiger partial charge in [-0.2, -0.15) is 0 Å². The van der Waals surface area contributed by atoms with Crippen LogP contribution in [-0.2, 0) is 16.0 Å². The summed E-state index contributed by atoms with van der Waals surface area (Å²) in [5.41, 5.74) is -2.53. The van der Waals surface area contributed by atoms with Crippen LogP contribution < -0.4 is 10.7 Å². The molecule has 8 nitrogen and oxygen atoms in total. The van der Waals surface area contributed by atoms with E-state index < -0.39 is 51.6 Å². The molecule has 0 unspecified atom stereocenters. The SMILES string of the molecule is COCC[C@@]1(C)C(=O)c2c(O)c(=O)c(C(=O)NCc3ccc(F)cc3F)cn2[C@H]2CCO[C@H]21. The molecule has 2 N–H and O–H groups in total. The number of pyridine rings is 1. The summed E-state index contributed by atoms with van der Waals surface area (Å²) in [6.45, 7) is 2.10. The molecule has 1 amide bonds. The van der Waals surface area contributed by atoms with Crippen molar-refractivity contribution in [1.82, 2.24) is 9.88 Å². The highest BCUT2D eigenvalue weighted by atomic mass is 19.1. The number of benzene rings is 1. The Hall–Kier alpha value is -3.11. The van der Waals surface area contributed by atoms with E-state index >= 15 is 0 Å². The molecule has 4 rings (SSSR count). The number of ketones is 1. The van der Waals surface area contributed by atoms with Gasteiger partial charge in [0, 0.05) is 44.7 Å². The molecule has 1 fully saturated rings. The monoisotopic (exact) mass is 462 g/mol. The van der Waals surface area contributed by atoms with E-state index in [-0.39, 0.29) is 23.8 Å². The number of ether oxygens (including phenoxy) is 2. The number of Topliss-reactive ketones (excluding diaryl/α,β-unsaturated/α-hetero) is 1. The second-order valence-corrected chi connectivity index (χ2v) is 8.53. The predicted molar refractivity (Wildman–Crippen MR) is 112 cm³/mol. The third-order valence-corrected chi connectivity index (χ3v) is 6.51. The van der Waals surface area contributed by atoms with Gasteiger partial charge in [-0.3, -0.25) is 14.4 Å². The van der Waals surface area contributed by atoms with Crippen molar-refractivity contribution in [2.45, 2.75) is 38.5 Å². The second-order valence-electron chi connectivity index (χ2n) is 8.53. The fraction of sp³-hybridized carbons (Fsp3) is 0.435. The van der Waals surface area contributed by atoms with Gasteiger partial charge in [0.05, 0.1) is 17.6 Å². The Morgan fingerprint density at radius 2 is 2.12 bits per heavy atom. The molecular formula is C23H24F2N2O6. The summed E-state index contributed by atoms with van der Waals surface area (Å²) in [4.78, 5) is 38.9. The maximum absolute atomic E-state index is 13.9. The molecule has 176 valence electrons. The number of carbonyl (C=O) groups excluding carboxylic acids is 2. The maximum atomic E-state index is 13.9. The third-order valence-electron chi connectivity index (χ3n) is 6.51. The van der Waals surface area contributed by atoms with Crippen LogP contribution in [-0.4, -0.2) is 47.8 Å². The fourth-order valence-corrected chi connectivity index (χ4v) is 4.64. The minimum atomic E-state index is -1.01. The van der Waals surface area contributed by atoms with Crippen LogP contribution in [0, 0.1) is 17.0 Å². The molecule has 2 aliphatic rings. The largest absolute Gasteiger partial charge is 0.503 e. The summed E-state index contributed by atoms with van der Waals surface area (Å²) in [6, 6.07) is 2.55. The first kappa shape index (κ1) is 23.1. The number of hydrogen-bond donors (Lipinski definition) is 2. The minimum Gasteiger partial charge on any atom is -0.503 e. The van der Waals surface area contributed by atoms with Gasteiger partial charge in [-0.25, -0.2) is 8.78 Å². The van der Waals surface area contributed by atoms with Crippen molar-refractivity contribution in [3.63, 3.8) is 0 Å². The van der Waals surface area contributed by atoms with Crippen LogP contribution in [0.15, 0.2) is 29.2 Å². The number of aromatic nitrogens is 1. The fourth-order valence-electron chi connectivity index (χ4n) is 4.64. The Kier molecular flexibility index (Phi) is 6.06. The quantitative estimate of drug-likeness (QED) is 0.683. The normalized spacial score (nSPS) is 23.8. The van der Waals surface area contributed by atoms with Gasteiger partial charge in [-0.15, -0.1) is 0 Å². The van der Waals surface area contributed by atoms with Crippen LogP contribution >= 0.6 is 0 Å². The van der Waals surface area contributed by atoms with Gasteiger partial charge >= 0.3 is 0 Å². The van der Waals surface area contributed by atoms with E-state index in [0.717, 1.165) is 6.07 Å². The molecule has 1 aromatic carbocycles. The molecule has 2 aromatic rings. The highest BCUT2D eigenvalue weighted by Crippen LogP contribution is 2.48. The lowest BCUT2D eigenvalue weighted by molar-refractivity contribution is -0.0222. The molecule has 1 saturated heterocycles. The number of carbonyl (C=O) groups is 2. The van der Waals surface area contributed by atoms with Gasteiger partial charge < -0.3 is 24.5 Å². The molecule has 0 saturated carbocycles. The lowest BCUT2D eigenvalue weighted by Gasteiger charge is -2.42. The number of nitrogens with one attached hydrogen (secondary N) is 1. The molecule has 3 heterocycles. The van der Waals surface area contributed by atoms with Gasteiger partial charge in [-0.1, -0.05) is 6.07 Å². The molecule has 1 aromatic heterocycles. The molecular weight excluding hydrogens is 438 g/mol. The molecule has 0 bridgehead atoms. The van der Waals surface area contributed by atoms with Crippen molar-refractivity contribution in [2.75, 3.05) is 20.3 Å². The number of aromatic hydroxyl groups is 1. The van der Waals surface area contributed by atoms with Gasteiger partial charge in [0.2, 0.25) is 5.43 Å². The molecule has 33 heavy (non-hydrogen) atoms. The lowest BCUT2D eigenvalue weighted by Crippen LogP contribution is -2.50. The highest BCUT2D eigenvalue weighted by Gasteiger charge is 2.54. The lowest BCUT2D eigenvalue weighted by atomic mass is 9.70. The molecule has 0 radical (unpaired) electrons. The minimum absolute atomic E-state index is 0.0281. The zero-order valence-corrected chi connectivity index (χ0v) is 18.2. The van der Waals surface area contributed by atoms with Crippen molar-refractivity contribution in [1.29, 1.82) is 0 Å². The van der Waals surface area contributed by atoms with Gasteiger partial charge in [0.15, 0.2) is 11.5 Å². The van der Waals surface area contributed by atoms with E-state index in [4.69, 9.17) is 9.47 Å². The van der Waals surface area contributed by atoms with Gasteiger partial charge in [-0.05, 0) is 25.8 Å². The standard InChI is InChI=1S/C23H24F2N2O6/c1-23(6-8-32-2)20(30)17-19(29)18(28)14(11-27(17)16-5-7-33-21(16)23)22(31)26-10-12-3-4-13(24)9-15(12)25/h3-4,9,11,16,21,29H,5-8,10H2,1-2H3,(H,26,31)/t16-,21+,23-/m0/s1. The zero-order valence-electron chi connectivity index (χ0n) is 18.2. The Labute approximate surface area is 188 Å². The van der Waals surface area contributed by atoms with E-state index in [0.29, 0.717) is 32.1 Å². The molecule has 0 spiro atoms. The Bertz CT molecular complexity index is 1180. The summed E-state index contributed by atoms with van der Waals surface area (Å²) < 4.78 is 39.4. The number of hydrogen-bond acceptors (Lipinski definition) is 6. The van der Waals surface area contributed by atoms with Crippen LogP contribution in [0.25, 0.3) is 0 Å².